The number of rotatable bonds is 7. The maximum absolute atomic E-state index is 12.5. The first-order chi connectivity index (χ1) is 12.5. The fraction of sp³-hybridized carbons (Fsp3) is 0.850. The normalized spacial score (nSPS) is 29.2. The van der Waals surface area contributed by atoms with Gasteiger partial charge < -0.3 is 9.30 Å². The number of thioether (sulfide) groups is 1. The highest BCUT2D eigenvalue weighted by Crippen LogP contribution is 2.46. The van der Waals surface area contributed by atoms with E-state index in [4.69, 9.17) is 4.74 Å². The molecule has 3 aliphatic carbocycles. The Kier molecular flexibility index (Phi) is 5.31. The minimum Gasteiger partial charge on any atom is -0.461 e. The van der Waals surface area contributed by atoms with E-state index in [9.17, 15) is 4.79 Å². The lowest BCUT2D eigenvalue weighted by atomic mass is 9.75. The Morgan fingerprint density at radius 1 is 1.19 bits per heavy atom. The van der Waals surface area contributed by atoms with Gasteiger partial charge in [-0.1, -0.05) is 39.0 Å². The first kappa shape index (κ1) is 18.3. The molecule has 0 aromatic carbocycles. The summed E-state index contributed by atoms with van der Waals surface area (Å²) in [6.45, 7) is 6.76. The lowest BCUT2D eigenvalue weighted by Crippen LogP contribution is -2.36. The molecule has 1 aromatic rings. The van der Waals surface area contributed by atoms with Crippen molar-refractivity contribution in [2.24, 2.45) is 17.8 Å². The van der Waals surface area contributed by atoms with Crippen molar-refractivity contribution in [2.75, 3.05) is 5.75 Å². The average Bonchev–Trinajstić information content (AvgIpc) is 3.51. The summed E-state index contributed by atoms with van der Waals surface area (Å²) >= 11 is 1.50. The average molecular weight is 378 g/mol. The summed E-state index contributed by atoms with van der Waals surface area (Å²) in [5, 5.41) is 9.71. The molecule has 144 valence electrons. The molecule has 3 unspecified atom stereocenters. The third kappa shape index (κ3) is 4.10. The van der Waals surface area contributed by atoms with Crippen molar-refractivity contribution in [1.82, 2.24) is 14.8 Å². The Bertz CT molecular complexity index is 651. The van der Waals surface area contributed by atoms with Crippen LogP contribution >= 0.6 is 11.8 Å². The maximum Gasteiger partial charge on any atom is 0.316 e. The van der Waals surface area contributed by atoms with E-state index in [-0.39, 0.29) is 12.1 Å². The van der Waals surface area contributed by atoms with Crippen molar-refractivity contribution in [2.45, 2.75) is 88.9 Å². The molecular formula is C20H31N3O2S. The summed E-state index contributed by atoms with van der Waals surface area (Å²) in [4.78, 5) is 12.5. The van der Waals surface area contributed by atoms with Crippen LogP contribution in [-0.4, -0.2) is 32.6 Å². The Labute approximate surface area is 160 Å². The standard InChI is InChI=1S/C20H31N3O2S/c1-12(2)16-9-4-13(3)10-17(16)25-18(24)11-26-20-22-21-19(14-5-6-14)23(20)15-7-8-15/h12-17H,4-11H2,1-3H3. The van der Waals surface area contributed by atoms with Gasteiger partial charge in [-0.25, -0.2) is 0 Å². The highest BCUT2D eigenvalue weighted by atomic mass is 32.2. The minimum absolute atomic E-state index is 0.0789. The highest BCUT2D eigenvalue weighted by molar-refractivity contribution is 7.99. The number of carbonyl (C=O) groups is 1. The Morgan fingerprint density at radius 2 is 1.96 bits per heavy atom. The minimum atomic E-state index is -0.0990. The molecule has 0 radical (unpaired) electrons. The first-order valence-electron chi connectivity index (χ1n) is 10.3. The molecule has 0 aliphatic heterocycles. The summed E-state index contributed by atoms with van der Waals surface area (Å²) in [7, 11) is 0. The zero-order valence-electron chi connectivity index (χ0n) is 16.2. The second kappa shape index (κ2) is 7.53. The molecule has 3 fully saturated rings. The molecule has 5 nitrogen and oxygen atoms in total. The van der Waals surface area contributed by atoms with Crippen LogP contribution in [0.25, 0.3) is 0 Å². The lowest BCUT2D eigenvalue weighted by molar-refractivity contribution is -0.152. The molecule has 0 amide bonds. The fourth-order valence-electron chi connectivity index (χ4n) is 4.26. The second-order valence-electron chi connectivity index (χ2n) is 8.86. The Hall–Kier alpha value is -1.04. The molecule has 0 N–H and O–H groups in total. The number of hydrogen-bond acceptors (Lipinski definition) is 5. The quantitative estimate of drug-likeness (QED) is 0.514. The molecule has 3 saturated carbocycles. The third-order valence-electron chi connectivity index (χ3n) is 6.11. The van der Waals surface area contributed by atoms with Crippen molar-refractivity contribution in [3.63, 3.8) is 0 Å². The smallest absolute Gasteiger partial charge is 0.316 e. The van der Waals surface area contributed by atoms with Crippen LogP contribution in [0.15, 0.2) is 5.16 Å². The highest BCUT2D eigenvalue weighted by Gasteiger charge is 2.37. The predicted octanol–water partition coefficient (Wildman–Crippen LogP) is 4.59. The zero-order valence-corrected chi connectivity index (χ0v) is 17.0. The van der Waals surface area contributed by atoms with Gasteiger partial charge in [-0.05, 0) is 56.3 Å². The van der Waals surface area contributed by atoms with Crippen LogP contribution in [0.4, 0.5) is 0 Å². The molecular weight excluding hydrogens is 346 g/mol. The lowest BCUT2D eigenvalue weighted by Gasteiger charge is -2.36. The summed E-state index contributed by atoms with van der Waals surface area (Å²) in [5.74, 6) is 3.69. The van der Waals surface area contributed by atoms with Crippen LogP contribution < -0.4 is 0 Å². The number of esters is 1. The molecule has 0 saturated heterocycles. The van der Waals surface area contributed by atoms with E-state index in [1.807, 2.05) is 0 Å². The summed E-state index contributed by atoms with van der Waals surface area (Å²) in [6.07, 6.45) is 8.39. The van der Waals surface area contributed by atoms with Gasteiger partial charge in [0.1, 0.15) is 11.9 Å². The summed E-state index contributed by atoms with van der Waals surface area (Å²) < 4.78 is 8.22. The van der Waals surface area contributed by atoms with Gasteiger partial charge in [-0.3, -0.25) is 4.79 Å². The number of hydrogen-bond donors (Lipinski definition) is 0. The molecule has 0 spiro atoms. The molecule has 3 aliphatic rings. The van der Waals surface area contributed by atoms with E-state index in [0.29, 0.717) is 35.5 Å². The maximum atomic E-state index is 12.5. The van der Waals surface area contributed by atoms with Crippen molar-refractivity contribution in [1.29, 1.82) is 0 Å². The molecule has 4 rings (SSSR count). The number of nitrogens with zero attached hydrogens (tertiary/aromatic N) is 3. The van der Waals surface area contributed by atoms with Crippen molar-refractivity contribution >= 4 is 17.7 Å². The number of carbonyl (C=O) groups excluding carboxylic acids is 1. The van der Waals surface area contributed by atoms with Crippen LogP contribution in [0.2, 0.25) is 0 Å². The molecule has 0 bridgehead atoms. The fourth-order valence-corrected chi connectivity index (χ4v) is 5.05. The Morgan fingerprint density at radius 3 is 2.62 bits per heavy atom. The predicted molar refractivity (Wildman–Crippen MR) is 102 cm³/mol. The van der Waals surface area contributed by atoms with Crippen LogP contribution in [0, 0.1) is 17.8 Å². The van der Waals surface area contributed by atoms with Crippen LogP contribution in [-0.2, 0) is 9.53 Å². The summed E-state index contributed by atoms with van der Waals surface area (Å²) in [5.41, 5.74) is 0. The van der Waals surface area contributed by atoms with Crippen molar-refractivity contribution in [3.8, 4) is 0 Å². The Balaban J connectivity index is 1.35. The van der Waals surface area contributed by atoms with E-state index < -0.39 is 0 Å². The topological polar surface area (TPSA) is 57.0 Å². The van der Waals surface area contributed by atoms with Gasteiger partial charge in [0.05, 0.1) is 5.75 Å². The van der Waals surface area contributed by atoms with Gasteiger partial charge >= 0.3 is 5.97 Å². The monoisotopic (exact) mass is 377 g/mol. The van der Waals surface area contributed by atoms with Gasteiger partial charge in [0.15, 0.2) is 5.16 Å². The van der Waals surface area contributed by atoms with E-state index in [2.05, 4.69) is 35.5 Å². The van der Waals surface area contributed by atoms with Crippen LogP contribution in [0.5, 0.6) is 0 Å². The SMILES string of the molecule is CC1CCC(C(C)C)C(OC(=O)CSc2nnc(C3CC3)n2C2CC2)C1. The van der Waals surface area contributed by atoms with Crippen LogP contribution in [0.1, 0.15) is 83.5 Å². The molecule has 1 heterocycles. The summed E-state index contributed by atoms with van der Waals surface area (Å²) in [6, 6.07) is 0.559. The number of ether oxygens (including phenoxy) is 1. The van der Waals surface area contributed by atoms with Gasteiger partial charge in [-0.2, -0.15) is 0 Å². The van der Waals surface area contributed by atoms with Gasteiger partial charge in [-0.15, -0.1) is 10.2 Å². The second-order valence-corrected chi connectivity index (χ2v) is 9.80. The van der Waals surface area contributed by atoms with E-state index in [0.717, 1.165) is 17.4 Å². The molecule has 6 heteroatoms. The van der Waals surface area contributed by atoms with Crippen molar-refractivity contribution in [3.05, 3.63) is 5.82 Å². The molecule has 3 atom stereocenters. The van der Waals surface area contributed by atoms with Crippen molar-refractivity contribution < 1.29 is 9.53 Å². The third-order valence-corrected chi connectivity index (χ3v) is 7.03. The van der Waals surface area contributed by atoms with Gasteiger partial charge in [0, 0.05) is 12.0 Å². The first-order valence-corrected chi connectivity index (χ1v) is 11.3. The zero-order chi connectivity index (χ0) is 18.3. The van der Waals surface area contributed by atoms with Crippen LogP contribution in [0.3, 0.4) is 0 Å². The van der Waals surface area contributed by atoms with Gasteiger partial charge in [0.25, 0.3) is 0 Å². The van der Waals surface area contributed by atoms with E-state index in [1.54, 1.807) is 0 Å². The molecule has 26 heavy (non-hydrogen) atoms. The van der Waals surface area contributed by atoms with E-state index >= 15 is 0 Å². The largest absolute Gasteiger partial charge is 0.461 e. The van der Waals surface area contributed by atoms with Gasteiger partial charge in [0.2, 0.25) is 0 Å². The van der Waals surface area contributed by atoms with E-state index in [1.165, 1.54) is 50.3 Å². The number of aromatic nitrogens is 3. The molecule has 1 aromatic heterocycles.